The molecule has 0 saturated carbocycles. The van der Waals surface area contributed by atoms with E-state index in [-0.39, 0.29) is 5.41 Å². The molecule has 0 atom stereocenters. The first-order valence-corrected chi connectivity index (χ1v) is 6.93. The topological polar surface area (TPSA) is 37.8 Å². The Morgan fingerprint density at radius 3 is 2.61 bits per heavy atom. The molecule has 0 spiro atoms. The number of benzene rings is 1. The number of hydrogen-bond donors (Lipinski definition) is 1. The number of nitrogens with zero attached hydrogens (tertiary/aromatic N) is 2. The molecule has 1 aromatic heterocycles. The molecule has 96 valence electrons. The van der Waals surface area contributed by atoms with E-state index in [0.29, 0.717) is 6.54 Å². The van der Waals surface area contributed by atoms with Gasteiger partial charge in [-0.3, -0.25) is 0 Å². The Labute approximate surface area is 116 Å². The maximum atomic E-state index is 6.10. The van der Waals surface area contributed by atoms with Gasteiger partial charge in [-0.05, 0) is 11.6 Å². The Bertz CT molecular complexity index is 531. The molecule has 0 aliphatic rings. The van der Waals surface area contributed by atoms with Gasteiger partial charge in [0.25, 0.3) is 0 Å². The molecule has 0 radical (unpaired) electrons. The highest BCUT2D eigenvalue weighted by Crippen LogP contribution is 2.24. The Morgan fingerprint density at radius 1 is 1.28 bits per heavy atom. The number of aromatic nitrogens is 2. The highest BCUT2D eigenvalue weighted by molar-refractivity contribution is 7.09. The predicted octanol–water partition coefficient (Wildman–Crippen LogP) is 4.10. The second kappa shape index (κ2) is 5.24. The lowest BCUT2D eigenvalue weighted by molar-refractivity contribution is 0.555. The third kappa shape index (κ3) is 3.21. The fourth-order valence-electron chi connectivity index (χ4n) is 1.41. The van der Waals surface area contributed by atoms with Gasteiger partial charge in [-0.1, -0.05) is 50.6 Å². The number of hydrogen-bond acceptors (Lipinski definition) is 4. The van der Waals surface area contributed by atoms with Crippen molar-refractivity contribution < 1.29 is 0 Å². The Hall–Kier alpha value is -1.13. The Kier molecular flexibility index (Phi) is 3.88. The second-order valence-electron chi connectivity index (χ2n) is 5.12. The van der Waals surface area contributed by atoms with Crippen LogP contribution in [0.4, 0.5) is 5.13 Å². The first-order valence-electron chi connectivity index (χ1n) is 5.78. The van der Waals surface area contributed by atoms with Gasteiger partial charge >= 0.3 is 0 Å². The summed E-state index contributed by atoms with van der Waals surface area (Å²) < 4.78 is 4.36. The van der Waals surface area contributed by atoms with Crippen LogP contribution in [0.15, 0.2) is 24.3 Å². The number of halogens is 1. The Morgan fingerprint density at radius 2 is 2.00 bits per heavy atom. The monoisotopic (exact) mass is 281 g/mol. The van der Waals surface area contributed by atoms with Crippen molar-refractivity contribution in [2.45, 2.75) is 32.7 Å². The number of nitrogens with one attached hydrogen (secondary N) is 1. The zero-order valence-corrected chi connectivity index (χ0v) is 12.3. The minimum atomic E-state index is -0.0131. The van der Waals surface area contributed by atoms with Crippen LogP contribution in [0.5, 0.6) is 0 Å². The van der Waals surface area contributed by atoms with Crippen molar-refractivity contribution >= 4 is 28.3 Å². The van der Waals surface area contributed by atoms with Crippen molar-refractivity contribution in [3.05, 3.63) is 40.7 Å². The molecule has 18 heavy (non-hydrogen) atoms. The normalized spacial score (nSPS) is 11.6. The molecule has 0 fully saturated rings. The predicted molar refractivity (Wildman–Crippen MR) is 77.4 cm³/mol. The van der Waals surface area contributed by atoms with Gasteiger partial charge in [-0.15, -0.1) is 0 Å². The van der Waals surface area contributed by atoms with Crippen LogP contribution in [0.3, 0.4) is 0 Å². The smallest absolute Gasteiger partial charge is 0.202 e. The molecule has 5 heteroatoms. The maximum absolute atomic E-state index is 6.10. The number of rotatable bonds is 3. The zero-order valence-electron chi connectivity index (χ0n) is 10.7. The summed E-state index contributed by atoms with van der Waals surface area (Å²) in [4.78, 5) is 4.48. The van der Waals surface area contributed by atoms with Gasteiger partial charge in [0.1, 0.15) is 5.82 Å². The van der Waals surface area contributed by atoms with Crippen LogP contribution in [-0.4, -0.2) is 9.36 Å². The summed E-state index contributed by atoms with van der Waals surface area (Å²) in [5.41, 5.74) is 1.05. The molecule has 1 heterocycles. The molecular formula is C13H16ClN3S. The molecule has 1 N–H and O–H groups in total. The molecule has 2 aromatic rings. The molecule has 0 aliphatic carbocycles. The molecule has 3 nitrogen and oxygen atoms in total. The molecule has 0 aliphatic heterocycles. The van der Waals surface area contributed by atoms with E-state index in [9.17, 15) is 0 Å². The van der Waals surface area contributed by atoms with E-state index in [1.54, 1.807) is 0 Å². The van der Waals surface area contributed by atoms with E-state index in [1.807, 2.05) is 24.3 Å². The molecular weight excluding hydrogens is 266 g/mol. The Balaban J connectivity index is 2.03. The molecule has 0 bridgehead atoms. The molecule has 2 rings (SSSR count). The SMILES string of the molecule is CC(C)(C)c1nsc(NCc2ccccc2Cl)n1. The van der Waals surface area contributed by atoms with Crippen molar-refractivity contribution in [1.29, 1.82) is 0 Å². The van der Waals surface area contributed by atoms with Gasteiger partial charge in [0.05, 0.1) is 0 Å². The third-order valence-electron chi connectivity index (χ3n) is 2.48. The second-order valence-corrected chi connectivity index (χ2v) is 6.28. The first-order chi connectivity index (χ1) is 8.47. The van der Waals surface area contributed by atoms with E-state index in [1.165, 1.54) is 11.5 Å². The summed E-state index contributed by atoms with van der Waals surface area (Å²) >= 11 is 7.48. The summed E-state index contributed by atoms with van der Waals surface area (Å²) in [6.45, 7) is 6.98. The lowest BCUT2D eigenvalue weighted by Crippen LogP contribution is -2.13. The fourth-order valence-corrected chi connectivity index (χ4v) is 2.37. The summed E-state index contributed by atoms with van der Waals surface area (Å²) in [6, 6.07) is 7.79. The van der Waals surface area contributed by atoms with Gasteiger partial charge < -0.3 is 5.32 Å². The van der Waals surface area contributed by atoms with Crippen molar-refractivity contribution in [1.82, 2.24) is 9.36 Å². The van der Waals surface area contributed by atoms with Crippen LogP contribution in [0.25, 0.3) is 0 Å². The van der Waals surface area contributed by atoms with Crippen molar-refractivity contribution in [2.24, 2.45) is 0 Å². The first kappa shape index (κ1) is 13.3. The van der Waals surface area contributed by atoms with Crippen LogP contribution < -0.4 is 5.32 Å². The van der Waals surface area contributed by atoms with Crippen LogP contribution in [0.1, 0.15) is 32.2 Å². The lowest BCUT2D eigenvalue weighted by atomic mass is 9.96. The van der Waals surface area contributed by atoms with Gasteiger partial charge in [-0.2, -0.15) is 4.37 Å². The highest BCUT2D eigenvalue weighted by atomic mass is 35.5. The van der Waals surface area contributed by atoms with Crippen LogP contribution >= 0.6 is 23.1 Å². The van der Waals surface area contributed by atoms with Crippen LogP contribution in [0, 0.1) is 0 Å². The summed E-state index contributed by atoms with van der Waals surface area (Å²) in [6.07, 6.45) is 0. The largest absolute Gasteiger partial charge is 0.356 e. The highest BCUT2D eigenvalue weighted by Gasteiger charge is 2.19. The van der Waals surface area contributed by atoms with Gasteiger partial charge in [0.15, 0.2) is 0 Å². The minimum Gasteiger partial charge on any atom is -0.356 e. The van der Waals surface area contributed by atoms with E-state index < -0.39 is 0 Å². The standard InChI is InChI=1S/C13H16ClN3S/c1-13(2,3)11-16-12(18-17-11)15-8-9-6-4-5-7-10(9)14/h4-7H,8H2,1-3H3,(H,15,16,17). The number of anilines is 1. The van der Waals surface area contributed by atoms with Crippen molar-refractivity contribution in [3.8, 4) is 0 Å². The average molecular weight is 282 g/mol. The van der Waals surface area contributed by atoms with Crippen LogP contribution in [0.2, 0.25) is 5.02 Å². The molecule has 0 amide bonds. The van der Waals surface area contributed by atoms with Gasteiger partial charge in [-0.25, -0.2) is 4.98 Å². The van der Waals surface area contributed by atoms with Crippen molar-refractivity contribution in [2.75, 3.05) is 5.32 Å². The quantitative estimate of drug-likeness (QED) is 0.920. The summed E-state index contributed by atoms with van der Waals surface area (Å²) in [7, 11) is 0. The van der Waals surface area contributed by atoms with Gasteiger partial charge in [0.2, 0.25) is 5.13 Å². The average Bonchev–Trinajstić information content (AvgIpc) is 2.76. The third-order valence-corrected chi connectivity index (χ3v) is 3.53. The van der Waals surface area contributed by atoms with Crippen molar-refractivity contribution in [3.63, 3.8) is 0 Å². The van der Waals surface area contributed by atoms with E-state index in [4.69, 9.17) is 11.6 Å². The lowest BCUT2D eigenvalue weighted by Gasteiger charge is -2.12. The molecule has 1 aromatic carbocycles. The van der Waals surface area contributed by atoms with Crippen LogP contribution in [-0.2, 0) is 12.0 Å². The van der Waals surface area contributed by atoms with E-state index in [2.05, 4.69) is 35.4 Å². The molecule has 0 saturated heterocycles. The zero-order chi connectivity index (χ0) is 13.2. The van der Waals surface area contributed by atoms with E-state index in [0.717, 1.165) is 21.5 Å². The van der Waals surface area contributed by atoms with Gasteiger partial charge in [0, 0.05) is 28.5 Å². The molecule has 0 unspecified atom stereocenters. The fraction of sp³-hybridized carbons (Fsp3) is 0.385. The summed E-state index contributed by atoms with van der Waals surface area (Å²) in [5.74, 6) is 0.870. The van der Waals surface area contributed by atoms with E-state index >= 15 is 0 Å². The maximum Gasteiger partial charge on any atom is 0.202 e. The summed E-state index contributed by atoms with van der Waals surface area (Å²) in [5, 5.41) is 4.86. The minimum absolute atomic E-state index is 0.0131.